The maximum Gasteiger partial charge on any atom is 0.338 e. The normalized spacial score (nSPS) is 14.9. The van der Waals surface area contributed by atoms with Gasteiger partial charge in [-0.3, -0.25) is 0 Å². The number of ether oxygens (including phenoxy) is 2. The minimum Gasteiger partial charge on any atom is -0.497 e. The number of nitrogens with zero attached hydrogens (tertiary/aromatic N) is 1. The number of esters is 1. The van der Waals surface area contributed by atoms with E-state index in [4.69, 9.17) is 14.7 Å². The van der Waals surface area contributed by atoms with Crippen LogP contribution in [-0.4, -0.2) is 19.1 Å². The van der Waals surface area contributed by atoms with Gasteiger partial charge in [0.15, 0.2) is 0 Å². The van der Waals surface area contributed by atoms with Gasteiger partial charge in [0.1, 0.15) is 12.4 Å². The predicted molar refractivity (Wildman–Crippen MR) is 135 cm³/mol. The van der Waals surface area contributed by atoms with E-state index in [2.05, 4.69) is 16.7 Å². The van der Waals surface area contributed by atoms with Crippen LogP contribution >= 0.6 is 0 Å². The number of methoxy groups -OCH3 is 1. The molecule has 1 heterocycles. The van der Waals surface area contributed by atoms with Gasteiger partial charge in [-0.25, -0.2) is 9.59 Å². The SMILES string of the molecule is COc1ccc(CCC2=C(C(=O)OCc3cccc(C)c3)C(c3ccc(C#N)cc3)NC(=O)N2)cc1. The fourth-order valence-electron chi connectivity index (χ4n) is 4.15. The molecule has 1 unspecified atom stereocenters. The summed E-state index contributed by atoms with van der Waals surface area (Å²) in [4.78, 5) is 26.0. The first-order valence-electron chi connectivity index (χ1n) is 11.6. The van der Waals surface area contributed by atoms with Crippen molar-refractivity contribution in [1.29, 1.82) is 5.26 Å². The van der Waals surface area contributed by atoms with Gasteiger partial charge >= 0.3 is 12.0 Å². The van der Waals surface area contributed by atoms with E-state index in [1.807, 2.05) is 55.5 Å². The molecule has 2 amide bonds. The summed E-state index contributed by atoms with van der Waals surface area (Å²) in [6, 6.07) is 23.2. The lowest BCUT2D eigenvalue weighted by molar-refractivity contribution is -0.140. The second-order valence-corrected chi connectivity index (χ2v) is 8.57. The van der Waals surface area contributed by atoms with Gasteiger partial charge in [0.05, 0.1) is 30.4 Å². The van der Waals surface area contributed by atoms with Gasteiger partial charge in [0.25, 0.3) is 0 Å². The van der Waals surface area contributed by atoms with Crippen molar-refractivity contribution in [2.24, 2.45) is 0 Å². The number of nitriles is 1. The molecule has 36 heavy (non-hydrogen) atoms. The molecule has 0 saturated carbocycles. The Morgan fingerprint density at radius 1 is 1.00 bits per heavy atom. The topological polar surface area (TPSA) is 100 Å². The standard InChI is InChI=1S/C29H27N3O4/c1-19-4-3-5-22(16-19)18-36-28(33)26-25(15-10-20-8-13-24(35-2)14-9-20)31-29(34)32-27(26)23-11-6-21(17-30)7-12-23/h3-9,11-14,16,27H,10,15,18H2,1-2H3,(H2,31,32,34). The van der Waals surface area contributed by atoms with E-state index >= 15 is 0 Å². The number of urea groups is 1. The van der Waals surface area contributed by atoms with Crippen LogP contribution in [0.4, 0.5) is 4.79 Å². The van der Waals surface area contributed by atoms with Crippen molar-refractivity contribution in [1.82, 2.24) is 10.6 Å². The molecule has 0 aromatic heterocycles. The molecule has 1 aliphatic rings. The minimum atomic E-state index is -0.706. The van der Waals surface area contributed by atoms with Crippen molar-refractivity contribution in [3.8, 4) is 11.8 Å². The average molecular weight is 482 g/mol. The van der Waals surface area contributed by atoms with Gasteiger partial charge < -0.3 is 20.1 Å². The van der Waals surface area contributed by atoms with E-state index in [1.54, 1.807) is 31.4 Å². The molecule has 7 heteroatoms. The van der Waals surface area contributed by atoms with Crippen LogP contribution in [0.2, 0.25) is 0 Å². The van der Waals surface area contributed by atoms with E-state index in [1.165, 1.54) is 0 Å². The van der Waals surface area contributed by atoms with Crippen LogP contribution < -0.4 is 15.4 Å². The molecule has 182 valence electrons. The van der Waals surface area contributed by atoms with E-state index in [9.17, 15) is 9.59 Å². The highest BCUT2D eigenvalue weighted by atomic mass is 16.5. The Morgan fingerprint density at radius 2 is 1.75 bits per heavy atom. The number of hydrogen-bond donors (Lipinski definition) is 2. The van der Waals surface area contributed by atoms with Gasteiger partial charge in [-0.1, -0.05) is 54.1 Å². The fourth-order valence-corrected chi connectivity index (χ4v) is 4.15. The monoisotopic (exact) mass is 481 g/mol. The first-order chi connectivity index (χ1) is 17.5. The molecule has 0 radical (unpaired) electrons. The zero-order chi connectivity index (χ0) is 25.5. The van der Waals surface area contributed by atoms with Gasteiger partial charge in [-0.05, 0) is 60.7 Å². The Bertz CT molecular complexity index is 1320. The van der Waals surface area contributed by atoms with Crippen molar-refractivity contribution in [3.05, 3.63) is 112 Å². The van der Waals surface area contributed by atoms with Crippen molar-refractivity contribution in [2.75, 3.05) is 7.11 Å². The second kappa shape index (κ2) is 11.2. The third kappa shape index (κ3) is 5.91. The summed E-state index contributed by atoms with van der Waals surface area (Å²) in [5.74, 6) is 0.248. The number of hydrogen-bond acceptors (Lipinski definition) is 5. The Labute approximate surface area is 210 Å². The van der Waals surface area contributed by atoms with Crippen LogP contribution in [-0.2, 0) is 22.6 Å². The molecule has 1 aliphatic heterocycles. The summed E-state index contributed by atoms with van der Waals surface area (Å²) in [5, 5.41) is 14.8. The molecule has 0 fully saturated rings. The average Bonchev–Trinajstić information content (AvgIpc) is 2.90. The van der Waals surface area contributed by atoms with E-state index in [-0.39, 0.29) is 6.61 Å². The van der Waals surface area contributed by atoms with Crippen LogP contribution in [0.15, 0.2) is 84.1 Å². The highest BCUT2D eigenvalue weighted by Crippen LogP contribution is 2.30. The van der Waals surface area contributed by atoms with Gasteiger partial charge in [0.2, 0.25) is 0 Å². The molecule has 4 rings (SSSR count). The lowest BCUT2D eigenvalue weighted by Gasteiger charge is -2.29. The molecule has 7 nitrogen and oxygen atoms in total. The highest BCUT2D eigenvalue weighted by Gasteiger charge is 2.33. The quantitative estimate of drug-likeness (QED) is 0.448. The van der Waals surface area contributed by atoms with Crippen LogP contribution in [0.3, 0.4) is 0 Å². The molecule has 0 bridgehead atoms. The first-order valence-corrected chi connectivity index (χ1v) is 11.6. The molecule has 0 saturated heterocycles. The smallest absolute Gasteiger partial charge is 0.338 e. The van der Waals surface area contributed by atoms with E-state index in [0.717, 1.165) is 22.4 Å². The third-order valence-corrected chi connectivity index (χ3v) is 6.02. The van der Waals surface area contributed by atoms with Crippen LogP contribution in [0.1, 0.15) is 40.3 Å². The molecule has 0 aliphatic carbocycles. The molecular formula is C29H27N3O4. The van der Waals surface area contributed by atoms with Crippen molar-refractivity contribution < 1.29 is 19.1 Å². The fraction of sp³-hybridized carbons (Fsp3) is 0.207. The molecule has 2 N–H and O–H groups in total. The number of allylic oxidation sites excluding steroid dienone is 1. The maximum absolute atomic E-state index is 13.4. The number of benzene rings is 3. The van der Waals surface area contributed by atoms with Gasteiger partial charge in [-0.2, -0.15) is 5.26 Å². The Balaban J connectivity index is 1.64. The second-order valence-electron chi connectivity index (χ2n) is 8.57. The summed E-state index contributed by atoms with van der Waals surface area (Å²) < 4.78 is 10.9. The van der Waals surface area contributed by atoms with E-state index < -0.39 is 18.0 Å². The molecule has 0 spiro atoms. The number of carbonyl (C=O) groups excluding carboxylic acids is 2. The van der Waals surface area contributed by atoms with Crippen LogP contribution in [0.25, 0.3) is 0 Å². The first kappa shape index (κ1) is 24.6. The Kier molecular flexibility index (Phi) is 7.66. The number of rotatable bonds is 8. The number of aryl methyl sites for hydroxylation is 2. The molecule has 1 atom stereocenters. The van der Waals surface area contributed by atoms with Crippen LogP contribution in [0.5, 0.6) is 5.75 Å². The zero-order valence-corrected chi connectivity index (χ0v) is 20.2. The molecule has 3 aromatic carbocycles. The van der Waals surface area contributed by atoms with Gasteiger partial charge in [-0.15, -0.1) is 0 Å². The summed E-state index contributed by atoms with van der Waals surface area (Å²) in [7, 11) is 1.61. The van der Waals surface area contributed by atoms with Crippen molar-refractivity contribution >= 4 is 12.0 Å². The largest absolute Gasteiger partial charge is 0.497 e. The maximum atomic E-state index is 13.4. The third-order valence-electron chi connectivity index (χ3n) is 6.02. The number of nitrogens with one attached hydrogen (secondary N) is 2. The number of carbonyl (C=O) groups is 2. The lowest BCUT2D eigenvalue weighted by Crippen LogP contribution is -2.46. The van der Waals surface area contributed by atoms with Gasteiger partial charge in [0, 0.05) is 5.70 Å². The lowest BCUT2D eigenvalue weighted by atomic mass is 9.92. The molecular weight excluding hydrogens is 454 g/mol. The zero-order valence-electron chi connectivity index (χ0n) is 20.2. The Morgan fingerprint density at radius 3 is 2.42 bits per heavy atom. The van der Waals surface area contributed by atoms with E-state index in [0.29, 0.717) is 35.2 Å². The summed E-state index contributed by atoms with van der Waals surface area (Å²) in [5.41, 5.74) is 5.04. The highest BCUT2D eigenvalue weighted by molar-refractivity contribution is 5.95. The Hall–Kier alpha value is -4.57. The minimum absolute atomic E-state index is 0.115. The summed E-state index contributed by atoms with van der Waals surface area (Å²) in [6.45, 7) is 2.09. The summed E-state index contributed by atoms with van der Waals surface area (Å²) >= 11 is 0. The van der Waals surface area contributed by atoms with Crippen molar-refractivity contribution in [2.45, 2.75) is 32.4 Å². The summed E-state index contributed by atoms with van der Waals surface area (Å²) in [6.07, 6.45) is 1.04. The van der Waals surface area contributed by atoms with Crippen LogP contribution in [0, 0.1) is 18.3 Å². The van der Waals surface area contributed by atoms with Crippen molar-refractivity contribution in [3.63, 3.8) is 0 Å². The predicted octanol–water partition coefficient (Wildman–Crippen LogP) is 4.86. The number of amides is 2. The molecule has 3 aromatic rings.